The number of hydrogen-bond acceptors (Lipinski definition) is 5. The van der Waals surface area contributed by atoms with Crippen LogP contribution in [0, 0.1) is 11.3 Å². The third-order valence-electron chi connectivity index (χ3n) is 6.76. The summed E-state index contributed by atoms with van der Waals surface area (Å²) >= 11 is 0. The standard InChI is InChI=1S/C23H22F3N5O2/c24-23(25,26)22(8-9-22)15-2-4-16(5-3-15)29-19-18-17(6-12-28-20(18)32)31(30-19)21(10-11-27)7-1-13-33-14-21/h2-6,12H,1,7-10,13-14H2,(H,28,32)(H,29,30). The largest absolute Gasteiger partial charge is 0.398 e. The van der Waals surface area contributed by atoms with Crippen LogP contribution in [0.3, 0.4) is 0 Å². The van der Waals surface area contributed by atoms with E-state index in [-0.39, 0.29) is 36.2 Å². The van der Waals surface area contributed by atoms with Gasteiger partial charge >= 0.3 is 6.18 Å². The van der Waals surface area contributed by atoms with E-state index in [4.69, 9.17) is 4.74 Å². The van der Waals surface area contributed by atoms with Crippen LogP contribution in [0.25, 0.3) is 10.9 Å². The molecule has 5 rings (SSSR count). The second-order valence-corrected chi connectivity index (χ2v) is 8.83. The van der Waals surface area contributed by atoms with Crippen molar-refractivity contribution in [3.05, 3.63) is 52.4 Å². The molecule has 1 atom stereocenters. The number of nitriles is 1. The average Bonchev–Trinajstić information content (AvgIpc) is 3.53. The van der Waals surface area contributed by atoms with E-state index in [9.17, 15) is 23.2 Å². The van der Waals surface area contributed by atoms with Gasteiger partial charge in [-0.15, -0.1) is 0 Å². The Labute approximate surface area is 187 Å². The third kappa shape index (κ3) is 3.47. The van der Waals surface area contributed by atoms with Crippen LogP contribution in [0.15, 0.2) is 41.3 Å². The van der Waals surface area contributed by atoms with Crippen LogP contribution in [0.2, 0.25) is 0 Å². The molecule has 0 radical (unpaired) electrons. The highest BCUT2D eigenvalue weighted by Gasteiger charge is 2.64. The van der Waals surface area contributed by atoms with Crippen LogP contribution < -0.4 is 10.9 Å². The third-order valence-corrected chi connectivity index (χ3v) is 6.76. The topological polar surface area (TPSA) is 95.7 Å². The normalized spacial score (nSPS) is 22.1. The summed E-state index contributed by atoms with van der Waals surface area (Å²) < 4.78 is 47.6. The summed E-state index contributed by atoms with van der Waals surface area (Å²) in [6.07, 6.45) is -0.953. The van der Waals surface area contributed by atoms with Crippen molar-refractivity contribution in [2.75, 3.05) is 18.5 Å². The van der Waals surface area contributed by atoms with Gasteiger partial charge in [0.2, 0.25) is 0 Å². The zero-order chi connectivity index (χ0) is 23.3. The maximum atomic E-state index is 13.4. The molecule has 3 aromatic rings. The number of nitrogens with zero attached hydrogens (tertiary/aromatic N) is 3. The number of H-pyrrole nitrogens is 1. The molecule has 2 N–H and O–H groups in total. The van der Waals surface area contributed by atoms with Crippen molar-refractivity contribution in [2.45, 2.75) is 49.2 Å². The second-order valence-electron chi connectivity index (χ2n) is 8.83. The lowest BCUT2D eigenvalue weighted by atomic mass is 9.89. The van der Waals surface area contributed by atoms with Gasteiger partial charge in [0.15, 0.2) is 5.82 Å². The number of aromatic nitrogens is 3. The highest BCUT2D eigenvalue weighted by molar-refractivity contribution is 5.91. The van der Waals surface area contributed by atoms with Crippen molar-refractivity contribution in [1.82, 2.24) is 14.8 Å². The molecule has 1 unspecified atom stereocenters. The molecule has 1 saturated heterocycles. The van der Waals surface area contributed by atoms with Crippen molar-refractivity contribution in [1.29, 1.82) is 5.26 Å². The Morgan fingerprint density at radius 2 is 1.97 bits per heavy atom. The van der Waals surface area contributed by atoms with Crippen LogP contribution in [-0.4, -0.2) is 34.2 Å². The Morgan fingerprint density at radius 1 is 1.21 bits per heavy atom. The predicted octanol–water partition coefficient (Wildman–Crippen LogP) is 4.48. The van der Waals surface area contributed by atoms with E-state index in [2.05, 4.69) is 21.5 Å². The fraction of sp³-hybridized carbons (Fsp3) is 0.435. The molecule has 1 saturated carbocycles. The van der Waals surface area contributed by atoms with Crippen molar-refractivity contribution in [3.8, 4) is 6.07 Å². The Kier molecular flexibility index (Phi) is 4.97. The lowest BCUT2D eigenvalue weighted by molar-refractivity contribution is -0.160. The quantitative estimate of drug-likeness (QED) is 0.589. The summed E-state index contributed by atoms with van der Waals surface area (Å²) in [7, 11) is 0. The second kappa shape index (κ2) is 7.63. The van der Waals surface area contributed by atoms with E-state index >= 15 is 0 Å². The number of hydrogen-bond donors (Lipinski definition) is 2. The van der Waals surface area contributed by atoms with Crippen molar-refractivity contribution in [2.24, 2.45) is 0 Å². The van der Waals surface area contributed by atoms with E-state index in [0.717, 1.165) is 6.42 Å². The van der Waals surface area contributed by atoms with Crippen molar-refractivity contribution >= 4 is 22.4 Å². The molecular formula is C23H22F3N5O2. The van der Waals surface area contributed by atoms with Gasteiger partial charge < -0.3 is 15.0 Å². The maximum Gasteiger partial charge on any atom is 0.398 e. The lowest BCUT2D eigenvalue weighted by Crippen LogP contribution is -2.42. The van der Waals surface area contributed by atoms with Gasteiger partial charge in [-0.25, -0.2) is 0 Å². The van der Waals surface area contributed by atoms with E-state index in [1.807, 2.05) is 0 Å². The number of aromatic amines is 1. The molecule has 1 aliphatic heterocycles. The zero-order valence-corrected chi connectivity index (χ0v) is 17.7. The first-order chi connectivity index (χ1) is 15.8. The Balaban J connectivity index is 1.53. The summed E-state index contributed by atoms with van der Waals surface area (Å²) in [5, 5.41) is 17.5. The van der Waals surface area contributed by atoms with Crippen LogP contribution in [-0.2, 0) is 15.7 Å². The monoisotopic (exact) mass is 457 g/mol. The number of ether oxygens (including phenoxy) is 1. The molecule has 1 aromatic carbocycles. The highest BCUT2D eigenvalue weighted by Crippen LogP contribution is 2.58. The number of nitrogens with one attached hydrogen (secondary N) is 2. The molecule has 0 bridgehead atoms. The van der Waals surface area contributed by atoms with Crippen LogP contribution in [0.5, 0.6) is 0 Å². The maximum absolute atomic E-state index is 13.4. The molecule has 172 valence electrons. The predicted molar refractivity (Wildman–Crippen MR) is 115 cm³/mol. The Morgan fingerprint density at radius 3 is 2.58 bits per heavy atom. The fourth-order valence-corrected chi connectivity index (χ4v) is 4.76. The Bertz CT molecular complexity index is 1280. The minimum Gasteiger partial charge on any atom is -0.379 e. The molecule has 33 heavy (non-hydrogen) atoms. The van der Waals surface area contributed by atoms with E-state index in [1.54, 1.807) is 22.9 Å². The van der Waals surface area contributed by atoms with Crippen LogP contribution >= 0.6 is 0 Å². The minimum atomic E-state index is -4.28. The molecule has 1 aliphatic carbocycles. The van der Waals surface area contributed by atoms with Crippen molar-refractivity contribution < 1.29 is 17.9 Å². The molecule has 2 aromatic heterocycles. The summed E-state index contributed by atoms with van der Waals surface area (Å²) in [4.78, 5) is 15.3. The summed E-state index contributed by atoms with van der Waals surface area (Å²) in [6.45, 7) is 0.904. The first-order valence-corrected chi connectivity index (χ1v) is 10.8. The van der Waals surface area contributed by atoms with Crippen LogP contribution in [0.1, 0.15) is 37.7 Å². The van der Waals surface area contributed by atoms with Gasteiger partial charge in [0.1, 0.15) is 5.39 Å². The number of anilines is 2. The van der Waals surface area contributed by atoms with Gasteiger partial charge in [-0.2, -0.15) is 23.5 Å². The number of rotatable bonds is 5. The van der Waals surface area contributed by atoms with Crippen molar-refractivity contribution in [3.63, 3.8) is 0 Å². The smallest absolute Gasteiger partial charge is 0.379 e. The minimum absolute atomic E-state index is 0.0940. The number of benzene rings is 1. The van der Waals surface area contributed by atoms with Gasteiger partial charge in [0.05, 0.1) is 35.6 Å². The number of pyridine rings is 1. The van der Waals surface area contributed by atoms with Gasteiger partial charge in [-0.3, -0.25) is 9.48 Å². The van der Waals surface area contributed by atoms with Gasteiger partial charge in [-0.1, -0.05) is 12.1 Å². The molecule has 0 amide bonds. The van der Waals surface area contributed by atoms with Crippen LogP contribution in [0.4, 0.5) is 24.7 Å². The molecule has 7 nitrogen and oxygen atoms in total. The molecule has 10 heteroatoms. The fourth-order valence-electron chi connectivity index (χ4n) is 4.76. The molecule has 0 spiro atoms. The average molecular weight is 457 g/mol. The molecular weight excluding hydrogens is 435 g/mol. The van der Waals surface area contributed by atoms with Gasteiger partial charge in [0.25, 0.3) is 5.56 Å². The zero-order valence-electron chi connectivity index (χ0n) is 17.7. The number of halogens is 3. The molecule has 2 fully saturated rings. The molecule has 2 aliphatic rings. The first-order valence-electron chi connectivity index (χ1n) is 10.8. The van der Waals surface area contributed by atoms with Gasteiger partial charge in [0, 0.05) is 18.5 Å². The summed E-state index contributed by atoms with van der Waals surface area (Å²) in [5.74, 6) is 0.277. The summed E-state index contributed by atoms with van der Waals surface area (Å²) in [6, 6.07) is 10.0. The lowest BCUT2D eigenvalue weighted by Gasteiger charge is -2.35. The van der Waals surface area contributed by atoms with E-state index < -0.39 is 17.1 Å². The first kappa shape index (κ1) is 21.5. The van der Waals surface area contributed by atoms with E-state index in [1.165, 1.54) is 18.3 Å². The number of alkyl halides is 3. The SMILES string of the molecule is N#CCC1(n2nc(Nc3ccc(C4(C(F)(F)F)CC4)cc3)c3c(=O)[nH]ccc32)CCCOC1. The van der Waals surface area contributed by atoms with E-state index in [0.29, 0.717) is 36.2 Å². The van der Waals surface area contributed by atoms with Gasteiger partial charge in [-0.05, 0) is 49.4 Å². The molecule has 3 heterocycles. The highest BCUT2D eigenvalue weighted by atomic mass is 19.4. The summed E-state index contributed by atoms with van der Waals surface area (Å²) in [5.41, 5.74) is -1.49. The Hall–Kier alpha value is -3.32. The number of fused-ring (bicyclic) bond motifs is 1.